The first-order valence-electron chi connectivity index (χ1n) is 10.5. The second-order valence-corrected chi connectivity index (χ2v) is 8.17. The predicted molar refractivity (Wildman–Crippen MR) is 123 cm³/mol. The molecule has 2 aromatic rings. The van der Waals surface area contributed by atoms with Crippen molar-refractivity contribution in [3.05, 3.63) is 58.7 Å². The van der Waals surface area contributed by atoms with Gasteiger partial charge in [0.25, 0.3) is 11.8 Å². The lowest BCUT2D eigenvalue weighted by atomic mass is 10.0. The van der Waals surface area contributed by atoms with Crippen molar-refractivity contribution < 1.29 is 23.9 Å². The maximum absolute atomic E-state index is 13.1. The second-order valence-electron chi connectivity index (χ2n) is 8.17. The molecule has 0 spiro atoms. The quantitative estimate of drug-likeness (QED) is 0.514. The molecule has 0 atom stereocenters. The van der Waals surface area contributed by atoms with Crippen molar-refractivity contribution in [1.29, 1.82) is 0 Å². The number of imide groups is 2. The topological polar surface area (TPSA) is 84.9 Å². The Labute approximate surface area is 188 Å². The van der Waals surface area contributed by atoms with Gasteiger partial charge in [0.1, 0.15) is 5.57 Å². The largest absolute Gasteiger partial charge is 0.493 e. The molecular weight excluding hydrogens is 408 g/mol. The van der Waals surface area contributed by atoms with Gasteiger partial charge in [-0.05, 0) is 73.2 Å². The number of hydrogen-bond donors (Lipinski definition) is 1. The van der Waals surface area contributed by atoms with Crippen LogP contribution in [0.2, 0.25) is 0 Å². The minimum Gasteiger partial charge on any atom is -0.493 e. The summed E-state index contributed by atoms with van der Waals surface area (Å²) in [5, 5.41) is 2.24. The van der Waals surface area contributed by atoms with Crippen molar-refractivity contribution in [3.63, 3.8) is 0 Å². The number of hydrogen-bond acceptors (Lipinski definition) is 5. The average Bonchev–Trinajstić information content (AvgIpc) is 2.74. The molecule has 0 radical (unpaired) electrons. The van der Waals surface area contributed by atoms with Crippen molar-refractivity contribution in [1.82, 2.24) is 5.32 Å². The SMILES string of the molecule is COc1cc(C=C2C(=O)NC(=O)N(c3ccc(C)c(C)c3)C2=O)ccc1OCCC(C)C. The molecule has 0 aliphatic carbocycles. The maximum Gasteiger partial charge on any atom is 0.335 e. The molecule has 1 fully saturated rings. The molecule has 0 saturated carbocycles. The first-order valence-corrected chi connectivity index (χ1v) is 10.5. The molecule has 2 aromatic carbocycles. The number of anilines is 1. The zero-order chi connectivity index (χ0) is 23.4. The molecule has 4 amide bonds. The van der Waals surface area contributed by atoms with E-state index in [0.717, 1.165) is 22.4 Å². The number of amides is 4. The van der Waals surface area contributed by atoms with Gasteiger partial charge in [-0.3, -0.25) is 14.9 Å². The number of ether oxygens (including phenoxy) is 2. The van der Waals surface area contributed by atoms with E-state index >= 15 is 0 Å². The minimum atomic E-state index is -0.771. The molecule has 1 saturated heterocycles. The van der Waals surface area contributed by atoms with Gasteiger partial charge in [-0.1, -0.05) is 26.0 Å². The molecule has 1 heterocycles. The Hall–Kier alpha value is -3.61. The number of nitrogens with one attached hydrogen (secondary N) is 1. The summed E-state index contributed by atoms with van der Waals surface area (Å²) in [6.45, 7) is 8.63. The fourth-order valence-corrected chi connectivity index (χ4v) is 3.22. The number of benzene rings is 2. The molecule has 1 aliphatic heterocycles. The van der Waals surface area contributed by atoms with Gasteiger partial charge in [0.15, 0.2) is 11.5 Å². The van der Waals surface area contributed by atoms with E-state index in [1.54, 1.807) is 30.3 Å². The molecular formula is C25H28N2O5. The van der Waals surface area contributed by atoms with Gasteiger partial charge in [-0.15, -0.1) is 0 Å². The molecule has 7 heteroatoms. The van der Waals surface area contributed by atoms with Crippen molar-refractivity contribution in [2.75, 3.05) is 18.6 Å². The number of rotatable bonds is 7. The third kappa shape index (κ3) is 4.99. The van der Waals surface area contributed by atoms with Gasteiger partial charge in [-0.2, -0.15) is 0 Å². The second kappa shape index (κ2) is 9.68. The fraction of sp³-hybridized carbons (Fsp3) is 0.320. The molecule has 0 bridgehead atoms. The van der Waals surface area contributed by atoms with Crippen LogP contribution in [0.4, 0.5) is 10.5 Å². The van der Waals surface area contributed by atoms with Gasteiger partial charge >= 0.3 is 6.03 Å². The monoisotopic (exact) mass is 436 g/mol. The summed E-state index contributed by atoms with van der Waals surface area (Å²) in [6, 6.07) is 9.64. The summed E-state index contributed by atoms with van der Waals surface area (Å²) in [5.41, 5.74) is 2.81. The zero-order valence-electron chi connectivity index (χ0n) is 19.0. The van der Waals surface area contributed by atoms with Crippen molar-refractivity contribution in [3.8, 4) is 11.5 Å². The van der Waals surface area contributed by atoms with Crippen LogP contribution in [0.1, 0.15) is 37.0 Å². The Morgan fingerprint density at radius 3 is 2.41 bits per heavy atom. The van der Waals surface area contributed by atoms with Crippen LogP contribution in [0, 0.1) is 19.8 Å². The molecule has 168 valence electrons. The van der Waals surface area contributed by atoms with Crippen molar-refractivity contribution >= 4 is 29.6 Å². The normalized spacial score (nSPS) is 15.4. The maximum atomic E-state index is 13.1. The molecule has 0 unspecified atom stereocenters. The number of aryl methyl sites for hydroxylation is 2. The Balaban J connectivity index is 1.90. The van der Waals surface area contributed by atoms with E-state index in [2.05, 4.69) is 19.2 Å². The van der Waals surface area contributed by atoms with E-state index in [9.17, 15) is 14.4 Å². The van der Waals surface area contributed by atoms with Crippen LogP contribution in [0.5, 0.6) is 11.5 Å². The summed E-state index contributed by atoms with van der Waals surface area (Å²) in [6.07, 6.45) is 2.35. The predicted octanol–water partition coefficient (Wildman–Crippen LogP) is 4.40. The lowest BCUT2D eigenvalue weighted by molar-refractivity contribution is -0.122. The summed E-state index contributed by atoms with van der Waals surface area (Å²) in [4.78, 5) is 38.9. The van der Waals surface area contributed by atoms with Crippen LogP contribution < -0.4 is 19.7 Å². The highest BCUT2D eigenvalue weighted by atomic mass is 16.5. The van der Waals surface area contributed by atoms with Crippen LogP contribution >= 0.6 is 0 Å². The highest BCUT2D eigenvalue weighted by molar-refractivity contribution is 6.39. The lowest BCUT2D eigenvalue weighted by Crippen LogP contribution is -2.54. The smallest absolute Gasteiger partial charge is 0.335 e. The Morgan fingerprint density at radius 2 is 1.75 bits per heavy atom. The molecule has 1 N–H and O–H groups in total. The number of urea groups is 1. The third-order valence-electron chi connectivity index (χ3n) is 5.30. The van der Waals surface area contributed by atoms with Crippen molar-refractivity contribution in [2.45, 2.75) is 34.1 Å². The van der Waals surface area contributed by atoms with Crippen LogP contribution in [0.25, 0.3) is 6.08 Å². The number of barbiturate groups is 1. The van der Waals surface area contributed by atoms with Crippen LogP contribution in [-0.2, 0) is 9.59 Å². The highest BCUT2D eigenvalue weighted by Crippen LogP contribution is 2.30. The summed E-state index contributed by atoms with van der Waals surface area (Å²) in [7, 11) is 1.53. The molecule has 7 nitrogen and oxygen atoms in total. The number of carbonyl (C=O) groups is 3. The zero-order valence-corrected chi connectivity index (χ0v) is 19.0. The van der Waals surface area contributed by atoms with E-state index in [1.807, 2.05) is 19.9 Å². The highest BCUT2D eigenvalue weighted by Gasteiger charge is 2.36. The number of carbonyl (C=O) groups excluding carboxylic acids is 3. The minimum absolute atomic E-state index is 0.140. The Bertz CT molecular complexity index is 1090. The van der Waals surface area contributed by atoms with E-state index < -0.39 is 17.8 Å². The first kappa shape index (κ1) is 23.1. The van der Waals surface area contributed by atoms with E-state index in [0.29, 0.717) is 35.3 Å². The fourth-order valence-electron chi connectivity index (χ4n) is 3.22. The number of nitrogens with zero attached hydrogens (tertiary/aromatic N) is 1. The average molecular weight is 437 g/mol. The first-order chi connectivity index (χ1) is 15.2. The summed E-state index contributed by atoms with van der Waals surface area (Å²) >= 11 is 0. The summed E-state index contributed by atoms with van der Waals surface area (Å²) < 4.78 is 11.2. The van der Waals surface area contributed by atoms with Gasteiger partial charge < -0.3 is 9.47 Å². The molecule has 1 aliphatic rings. The van der Waals surface area contributed by atoms with Gasteiger partial charge in [0.2, 0.25) is 0 Å². The lowest BCUT2D eigenvalue weighted by Gasteiger charge is -2.26. The van der Waals surface area contributed by atoms with Crippen LogP contribution in [0.3, 0.4) is 0 Å². The number of methoxy groups -OCH3 is 1. The standard InChI is InChI=1S/C25H28N2O5/c1-15(2)10-11-32-21-9-7-18(14-22(21)31-5)13-20-23(28)26-25(30)27(24(20)29)19-8-6-16(3)17(4)12-19/h6-9,12-15H,10-11H2,1-5H3,(H,26,28,30). The van der Waals surface area contributed by atoms with Crippen LogP contribution in [0.15, 0.2) is 42.0 Å². The molecule has 0 aromatic heterocycles. The third-order valence-corrected chi connectivity index (χ3v) is 5.30. The van der Waals surface area contributed by atoms with E-state index in [-0.39, 0.29) is 5.57 Å². The Morgan fingerprint density at radius 1 is 1.00 bits per heavy atom. The van der Waals surface area contributed by atoms with Gasteiger partial charge in [0.05, 0.1) is 19.4 Å². The van der Waals surface area contributed by atoms with Crippen molar-refractivity contribution in [2.24, 2.45) is 5.92 Å². The van der Waals surface area contributed by atoms with Crippen LogP contribution in [-0.4, -0.2) is 31.6 Å². The van der Waals surface area contributed by atoms with E-state index in [4.69, 9.17) is 9.47 Å². The molecule has 32 heavy (non-hydrogen) atoms. The van der Waals surface area contributed by atoms with E-state index in [1.165, 1.54) is 13.2 Å². The van der Waals surface area contributed by atoms with Gasteiger partial charge in [-0.25, -0.2) is 9.69 Å². The Kier molecular flexibility index (Phi) is 6.98. The molecule has 3 rings (SSSR count). The van der Waals surface area contributed by atoms with Gasteiger partial charge in [0, 0.05) is 0 Å². The summed E-state index contributed by atoms with van der Waals surface area (Å²) in [5.74, 6) is 0.175.